The third-order valence-corrected chi connectivity index (χ3v) is 1.38. The van der Waals surface area contributed by atoms with Crippen LogP contribution >= 0.6 is 0 Å². The van der Waals surface area contributed by atoms with Gasteiger partial charge in [-0.3, -0.25) is 9.78 Å². The van der Waals surface area contributed by atoms with Crippen LogP contribution in [0.4, 0.5) is 0 Å². The lowest BCUT2D eigenvalue weighted by Gasteiger charge is -1.99. The Morgan fingerprint density at radius 3 is 2.73 bits per heavy atom. The minimum atomic E-state index is -0.477. The molecule has 0 aliphatic heterocycles. The molecule has 1 rings (SSSR count). The van der Waals surface area contributed by atoms with Gasteiger partial charge < -0.3 is 5.73 Å². The molecule has 0 saturated carbocycles. The summed E-state index contributed by atoms with van der Waals surface area (Å²) in [6.07, 6.45) is 0. The lowest BCUT2D eigenvalue weighted by molar-refractivity contribution is 0.0999. The number of hydrogen-bond acceptors (Lipinski definition) is 2. The highest BCUT2D eigenvalue weighted by atomic mass is 16.1. The van der Waals surface area contributed by atoms with E-state index < -0.39 is 5.91 Å². The zero-order chi connectivity index (χ0) is 8.43. The predicted molar refractivity (Wildman–Crippen MR) is 41.1 cm³/mol. The van der Waals surface area contributed by atoms with Crippen LogP contribution in [0, 0.1) is 19.9 Å². The van der Waals surface area contributed by atoms with E-state index in [-0.39, 0.29) is 0 Å². The molecule has 0 bridgehead atoms. The van der Waals surface area contributed by atoms with Gasteiger partial charge in [0.05, 0.1) is 11.3 Å². The second-order valence-electron chi connectivity index (χ2n) is 2.37. The molecule has 1 aromatic heterocycles. The second-order valence-corrected chi connectivity index (χ2v) is 2.37. The molecule has 0 unspecified atom stereocenters. The first-order valence-electron chi connectivity index (χ1n) is 3.27. The molecule has 2 N–H and O–H groups in total. The van der Waals surface area contributed by atoms with Crippen LogP contribution in [0.25, 0.3) is 0 Å². The highest BCUT2D eigenvalue weighted by molar-refractivity contribution is 5.93. The Bertz CT molecular complexity index is 294. The van der Waals surface area contributed by atoms with Crippen LogP contribution in [0.5, 0.6) is 0 Å². The summed E-state index contributed by atoms with van der Waals surface area (Å²) in [6, 6.07) is 4.41. The largest absolute Gasteiger partial charge is 0.366 e. The first-order chi connectivity index (χ1) is 5.11. The molecule has 1 radical (unpaired) electrons. The summed E-state index contributed by atoms with van der Waals surface area (Å²) >= 11 is 0. The van der Waals surface area contributed by atoms with Gasteiger partial charge in [-0.2, -0.15) is 0 Å². The van der Waals surface area contributed by atoms with Crippen molar-refractivity contribution in [3.8, 4) is 0 Å². The Kier molecular flexibility index (Phi) is 1.89. The summed E-state index contributed by atoms with van der Waals surface area (Å²) in [5.41, 5.74) is 6.90. The molecule has 0 aliphatic carbocycles. The van der Waals surface area contributed by atoms with Gasteiger partial charge in [-0.15, -0.1) is 0 Å². The maximum Gasteiger partial charge on any atom is 0.251 e. The number of pyridine rings is 1. The van der Waals surface area contributed by atoms with Gasteiger partial charge in [-0.05, 0) is 26.0 Å². The van der Waals surface area contributed by atoms with Crippen molar-refractivity contribution in [1.29, 1.82) is 0 Å². The number of primary amides is 1. The van der Waals surface area contributed by atoms with Crippen molar-refractivity contribution in [3.63, 3.8) is 0 Å². The van der Waals surface area contributed by atoms with Gasteiger partial charge in [0.1, 0.15) is 0 Å². The van der Waals surface area contributed by atoms with E-state index in [1.807, 2.05) is 6.92 Å². The average Bonchev–Trinajstić information content (AvgIpc) is 1.85. The molecule has 3 heteroatoms. The molecule has 0 atom stereocenters. The molecular formula is C8H9N2O. The van der Waals surface area contributed by atoms with Gasteiger partial charge in [0, 0.05) is 5.69 Å². The summed E-state index contributed by atoms with van der Waals surface area (Å²) < 4.78 is 0. The van der Waals surface area contributed by atoms with E-state index in [0.717, 1.165) is 5.69 Å². The van der Waals surface area contributed by atoms with E-state index in [4.69, 9.17) is 5.73 Å². The van der Waals surface area contributed by atoms with E-state index in [0.29, 0.717) is 11.3 Å². The normalized spacial score (nSPS) is 9.64. The molecule has 57 valence electrons. The second kappa shape index (κ2) is 2.70. The molecule has 0 aromatic carbocycles. The Morgan fingerprint density at radius 2 is 2.27 bits per heavy atom. The van der Waals surface area contributed by atoms with Gasteiger partial charge in [-0.1, -0.05) is 0 Å². The fourth-order valence-corrected chi connectivity index (χ4v) is 0.883. The van der Waals surface area contributed by atoms with Crippen molar-refractivity contribution in [2.24, 2.45) is 5.73 Å². The third-order valence-electron chi connectivity index (χ3n) is 1.38. The molecular weight excluding hydrogens is 140 g/mol. The van der Waals surface area contributed by atoms with Crippen molar-refractivity contribution in [2.75, 3.05) is 0 Å². The molecule has 0 spiro atoms. The number of nitrogens with two attached hydrogens (primary N) is 1. The molecule has 1 heterocycles. The predicted octanol–water partition coefficient (Wildman–Crippen LogP) is 0.598. The lowest BCUT2D eigenvalue weighted by Crippen LogP contribution is -2.13. The standard InChI is InChI=1S/C8H9N2O/c1-5-3-4-7(8(9)11)6(2)10-5/h3H,1-2H3,(H2,9,11). The molecule has 1 aromatic rings. The van der Waals surface area contributed by atoms with Gasteiger partial charge in [0.2, 0.25) is 0 Å². The first kappa shape index (κ1) is 7.72. The van der Waals surface area contributed by atoms with Gasteiger partial charge in [-0.25, -0.2) is 0 Å². The molecule has 3 nitrogen and oxygen atoms in total. The van der Waals surface area contributed by atoms with Crippen LogP contribution in [0.1, 0.15) is 21.7 Å². The first-order valence-corrected chi connectivity index (χ1v) is 3.27. The summed E-state index contributed by atoms with van der Waals surface area (Å²) in [5, 5.41) is 0. The number of rotatable bonds is 1. The Morgan fingerprint density at radius 1 is 1.64 bits per heavy atom. The van der Waals surface area contributed by atoms with Crippen molar-refractivity contribution < 1.29 is 4.79 Å². The lowest BCUT2D eigenvalue weighted by atomic mass is 10.2. The average molecular weight is 149 g/mol. The van der Waals surface area contributed by atoms with E-state index in [2.05, 4.69) is 11.1 Å². The number of carbonyl (C=O) groups excluding carboxylic acids is 1. The topological polar surface area (TPSA) is 56.0 Å². The highest BCUT2D eigenvalue weighted by Gasteiger charge is 2.04. The molecule has 0 aliphatic rings. The Labute approximate surface area is 65.2 Å². The van der Waals surface area contributed by atoms with Gasteiger partial charge in [0.15, 0.2) is 0 Å². The van der Waals surface area contributed by atoms with Crippen molar-refractivity contribution >= 4 is 5.91 Å². The number of hydrogen-bond donors (Lipinski definition) is 1. The van der Waals surface area contributed by atoms with Crippen LogP contribution in [0.3, 0.4) is 0 Å². The zero-order valence-electron chi connectivity index (χ0n) is 6.51. The number of nitrogens with zero attached hydrogens (tertiary/aromatic N) is 1. The van der Waals surface area contributed by atoms with E-state index in [9.17, 15) is 4.79 Å². The Balaban J connectivity index is 3.20. The maximum atomic E-state index is 10.7. The summed E-state index contributed by atoms with van der Waals surface area (Å²) in [5.74, 6) is -0.477. The van der Waals surface area contributed by atoms with Crippen molar-refractivity contribution in [3.05, 3.63) is 29.1 Å². The van der Waals surface area contributed by atoms with Crippen LogP contribution in [0.15, 0.2) is 6.07 Å². The smallest absolute Gasteiger partial charge is 0.251 e. The molecule has 11 heavy (non-hydrogen) atoms. The SMILES string of the molecule is Cc1c[c]c(C(N)=O)c(C)n1. The van der Waals surface area contributed by atoms with E-state index in [1.54, 1.807) is 13.0 Å². The van der Waals surface area contributed by atoms with Crippen molar-refractivity contribution in [1.82, 2.24) is 4.98 Å². The summed E-state index contributed by atoms with van der Waals surface area (Å²) in [4.78, 5) is 14.7. The van der Waals surface area contributed by atoms with Crippen molar-refractivity contribution in [2.45, 2.75) is 13.8 Å². The fraction of sp³-hybridized carbons (Fsp3) is 0.250. The van der Waals surface area contributed by atoms with E-state index in [1.165, 1.54) is 0 Å². The van der Waals surface area contributed by atoms with Crippen LogP contribution in [-0.4, -0.2) is 10.9 Å². The summed E-state index contributed by atoms with van der Waals surface area (Å²) in [6.45, 7) is 3.58. The number of amides is 1. The maximum absolute atomic E-state index is 10.7. The zero-order valence-corrected chi connectivity index (χ0v) is 6.51. The Hall–Kier alpha value is -1.38. The van der Waals surface area contributed by atoms with Crippen LogP contribution in [0.2, 0.25) is 0 Å². The highest BCUT2D eigenvalue weighted by Crippen LogP contribution is 2.03. The quantitative estimate of drug-likeness (QED) is 0.635. The van der Waals surface area contributed by atoms with Gasteiger partial charge >= 0.3 is 0 Å². The monoisotopic (exact) mass is 149 g/mol. The van der Waals surface area contributed by atoms with E-state index >= 15 is 0 Å². The fourth-order valence-electron chi connectivity index (χ4n) is 0.883. The minimum absolute atomic E-state index is 0.371. The minimum Gasteiger partial charge on any atom is -0.366 e. The van der Waals surface area contributed by atoms with Gasteiger partial charge in [0.25, 0.3) is 5.91 Å². The molecule has 1 amide bonds. The number of carbonyl (C=O) groups is 1. The van der Waals surface area contributed by atoms with Crippen LogP contribution < -0.4 is 5.73 Å². The van der Waals surface area contributed by atoms with Crippen LogP contribution in [-0.2, 0) is 0 Å². The number of aryl methyl sites for hydroxylation is 2. The number of aromatic nitrogens is 1. The summed E-state index contributed by atoms with van der Waals surface area (Å²) in [7, 11) is 0. The third kappa shape index (κ3) is 1.55. The molecule has 0 saturated heterocycles. The molecule has 0 fully saturated rings.